The lowest BCUT2D eigenvalue weighted by Crippen LogP contribution is -2.39. The zero-order valence-electron chi connectivity index (χ0n) is 16.6. The van der Waals surface area contributed by atoms with Gasteiger partial charge in [0, 0.05) is 12.3 Å². The van der Waals surface area contributed by atoms with Crippen LogP contribution in [0.25, 0.3) is 10.8 Å². The molecule has 29 heavy (non-hydrogen) atoms. The maximum atomic E-state index is 13.2. The van der Waals surface area contributed by atoms with Crippen LogP contribution in [0.1, 0.15) is 37.3 Å². The first-order chi connectivity index (χ1) is 13.9. The van der Waals surface area contributed by atoms with E-state index in [1.165, 1.54) is 0 Å². The van der Waals surface area contributed by atoms with Crippen LogP contribution >= 0.6 is 7.37 Å². The van der Waals surface area contributed by atoms with Gasteiger partial charge in [0.15, 0.2) is 0 Å². The van der Waals surface area contributed by atoms with Crippen molar-refractivity contribution in [3.8, 4) is 0 Å². The molecular formula is C24H27O4P. The van der Waals surface area contributed by atoms with Gasteiger partial charge in [-0.3, -0.25) is 9.36 Å². The molecule has 0 fully saturated rings. The molecule has 0 aliphatic heterocycles. The summed E-state index contributed by atoms with van der Waals surface area (Å²) in [7, 11) is -3.74. The average Bonchev–Trinajstić information content (AvgIpc) is 2.71. The number of carboxylic acid groups (broad SMARTS) is 1. The maximum absolute atomic E-state index is 13.2. The Morgan fingerprint density at radius 3 is 2.28 bits per heavy atom. The number of benzene rings is 3. The molecule has 0 aliphatic carbocycles. The third kappa shape index (κ3) is 4.95. The summed E-state index contributed by atoms with van der Waals surface area (Å²) in [6, 6.07) is 22.4. The molecule has 0 radical (unpaired) electrons. The smallest absolute Gasteiger partial charge is 0.314 e. The number of hydrogen-bond donors (Lipinski definition) is 2. The Morgan fingerprint density at radius 2 is 1.62 bits per heavy atom. The van der Waals surface area contributed by atoms with Gasteiger partial charge in [0.2, 0.25) is 7.37 Å². The number of carboxylic acids is 1. The van der Waals surface area contributed by atoms with Crippen molar-refractivity contribution in [2.45, 2.75) is 37.8 Å². The lowest BCUT2D eigenvalue weighted by atomic mass is 9.77. The quantitative estimate of drug-likeness (QED) is 0.436. The third-order valence-electron chi connectivity index (χ3n) is 5.46. The van der Waals surface area contributed by atoms with Gasteiger partial charge in [-0.2, -0.15) is 0 Å². The molecule has 0 aliphatic rings. The minimum atomic E-state index is -3.74. The lowest BCUT2D eigenvalue weighted by molar-refractivity contribution is -0.143. The number of hydrogen-bond acceptors (Lipinski definition) is 2. The summed E-state index contributed by atoms with van der Waals surface area (Å²) in [6.45, 7) is 2.00. The fraction of sp³-hybridized carbons (Fsp3) is 0.292. The van der Waals surface area contributed by atoms with Crippen LogP contribution < -0.4 is 0 Å². The summed E-state index contributed by atoms with van der Waals surface area (Å²) in [5, 5.41) is 12.2. The summed E-state index contributed by atoms with van der Waals surface area (Å²) >= 11 is 0. The standard InChI is InChI=1S/C24H27O4P/c1-2-3-15-24(23(25)26,18-29(27,28)17-19-9-5-4-6-10-19)22-14-13-20-11-7-8-12-21(20)16-22/h4-14,16H,2-3,15,17-18H2,1H3,(H,25,26)(H,27,28). The van der Waals surface area contributed by atoms with E-state index in [0.29, 0.717) is 18.4 Å². The second-order valence-corrected chi connectivity index (χ2v) is 10.0. The van der Waals surface area contributed by atoms with Crippen molar-refractivity contribution in [1.29, 1.82) is 0 Å². The van der Waals surface area contributed by atoms with Gasteiger partial charge < -0.3 is 10.00 Å². The van der Waals surface area contributed by atoms with E-state index in [0.717, 1.165) is 22.8 Å². The average molecular weight is 410 g/mol. The van der Waals surface area contributed by atoms with Gasteiger partial charge in [-0.05, 0) is 34.4 Å². The van der Waals surface area contributed by atoms with Crippen LogP contribution in [0.4, 0.5) is 0 Å². The van der Waals surface area contributed by atoms with Crippen molar-refractivity contribution in [3.05, 3.63) is 83.9 Å². The molecule has 0 spiro atoms. The number of aliphatic carboxylic acids is 1. The van der Waals surface area contributed by atoms with Crippen molar-refractivity contribution in [3.63, 3.8) is 0 Å². The van der Waals surface area contributed by atoms with Crippen LogP contribution in [0.15, 0.2) is 72.8 Å². The Balaban J connectivity index is 2.04. The minimum absolute atomic E-state index is 0.0252. The Labute approximate surface area is 171 Å². The highest BCUT2D eigenvalue weighted by atomic mass is 31.2. The minimum Gasteiger partial charge on any atom is -0.481 e. The molecule has 3 rings (SSSR count). The van der Waals surface area contributed by atoms with Gasteiger partial charge in [-0.1, -0.05) is 86.5 Å². The Kier molecular flexibility index (Phi) is 6.56. The van der Waals surface area contributed by atoms with Gasteiger partial charge in [-0.15, -0.1) is 0 Å². The van der Waals surface area contributed by atoms with Crippen molar-refractivity contribution in [1.82, 2.24) is 0 Å². The fourth-order valence-electron chi connectivity index (χ4n) is 3.92. The first kappa shape index (κ1) is 21.3. The monoisotopic (exact) mass is 410 g/mol. The van der Waals surface area contributed by atoms with E-state index in [-0.39, 0.29) is 12.3 Å². The van der Waals surface area contributed by atoms with E-state index in [2.05, 4.69) is 0 Å². The molecule has 0 amide bonds. The molecule has 0 heterocycles. The van der Waals surface area contributed by atoms with Crippen molar-refractivity contribution in [2.75, 3.05) is 6.16 Å². The van der Waals surface area contributed by atoms with Gasteiger partial charge >= 0.3 is 5.97 Å². The molecule has 3 aromatic rings. The molecule has 0 aromatic heterocycles. The van der Waals surface area contributed by atoms with E-state index in [1.807, 2.05) is 61.5 Å². The summed E-state index contributed by atoms with van der Waals surface area (Å²) in [5.74, 6) is -1.04. The molecule has 4 nitrogen and oxygen atoms in total. The Morgan fingerprint density at radius 1 is 0.966 bits per heavy atom. The second kappa shape index (κ2) is 8.94. The van der Waals surface area contributed by atoms with Crippen molar-refractivity contribution in [2.24, 2.45) is 0 Å². The molecule has 152 valence electrons. The molecule has 3 aromatic carbocycles. The molecule has 0 saturated heterocycles. The lowest BCUT2D eigenvalue weighted by Gasteiger charge is -2.32. The molecule has 0 bridgehead atoms. The summed E-state index contributed by atoms with van der Waals surface area (Å²) in [5.41, 5.74) is -0.0508. The topological polar surface area (TPSA) is 74.6 Å². The molecule has 2 unspecified atom stereocenters. The number of carbonyl (C=O) groups is 1. The van der Waals surface area contributed by atoms with Crippen LogP contribution in [0, 0.1) is 0 Å². The molecular weight excluding hydrogens is 383 g/mol. The highest BCUT2D eigenvalue weighted by molar-refractivity contribution is 7.57. The highest BCUT2D eigenvalue weighted by Crippen LogP contribution is 2.52. The molecule has 0 saturated carbocycles. The molecule has 5 heteroatoms. The fourth-order valence-corrected chi connectivity index (χ4v) is 6.14. The van der Waals surface area contributed by atoms with Crippen LogP contribution in [0.3, 0.4) is 0 Å². The predicted octanol–water partition coefficient (Wildman–Crippen LogP) is 5.82. The third-order valence-corrected chi connectivity index (χ3v) is 7.35. The van der Waals surface area contributed by atoms with E-state index < -0.39 is 18.8 Å². The van der Waals surface area contributed by atoms with Gasteiger partial charge in [0.05, 0.1) is 0 Å². The first-order valence-electron chi connectivity index (χ1n) is 9.94. The zero-order chi connectivity index (χ0) is 20.9. The summed E-state index contributed by atoms with van der Waals surface area (Å²) < 4.78 is 13.2. The van der Waals surface area contributed by atoms with Crippen LogP contribution in [0.2, 0.25) is 0 Å². The second-order valence-electron chi connectivity index (χ2n) is 7.70. The largest absolute Gasteiger partial charge is 0.481 e. The van der Waals surface area contributed by atoms with Crippen LogP contribution in [-0.4, -0.2) is 22.1 Å². The summed E-state index contributed by atoms with van der Waals surface area (Å²) in [4.78, 5) is 23.4. The van der Waals surface area contributed by atoms with E-state index in [4.69, 9.17) is 0 Å². The van der Waals surface area contributed by atoms with Crippen molar-refractivity contribution >= 4 is 24.1 Å². The number of rotatable bonds is 9. The number of unbranched alkanes of at least 4 members (excludes halogenated alkanes) is 1. The Bertz CT molecular complexity index is 1030. The molecule has 2 N–H and O–H groups in total. The number of fused-ring (bicyclic) bond motifs is 1. The van der Waals surface area contributed by atoms with E-state index >= 15 is 0 Å². The predicted molar refractivity (Wildman–Crippen MR) is 118 cm³/mol. The highest BCUT2D eigenvalue weighted by Gasteiger charge is 2.45. The maximum Gasteiger partial charge on any atom is 0.314 e. The van der Waals surface area contributed by atoms with Gasteiger partial charge in [-0.25, -0.2) is 0 Å². The van der Waals surface area contributed by atoms with Crippen LogP contribution in [0.5, 0.6) is 0 Å². The normalized spacial score (nSPS) is 15.5. The first-order valence-corrected chi connectivity index (χ1v) is 12.0. The van der Waals surface area contributed by atoms with E-state index in [9.17, 15) is 19.4 Å². The Hall–Kier alpha value is -2.42. The van der Waals surface area contributed by atoms with Gasteiger partial charge in [0.1, 0.15) is 5.41 Å². The zero-order valence-corrected chi connectivity index (χ0v) is 17.5. The molecule has 2 atom stereocenters. The summed E-state index contributed by atoms with van der Waals surface area (Å²) in [6.07, 6.45) is 1.52. The van der Waals surface area contributed by atoms with Crippen molar-refractivity contribution < 1.29 is 19.4 Å². The SMILES string of the molecule is CCCCC(CP(=O)(O)Cc1ccccc1)(C(=O)O)c1ccc2ccccc2c1. The van der Waals surface area contributed by atoms with Gasteiger partial charge in [0.25, 0.3) is 0 Å². The van der Waals surface area contributed by atoms with E-state index in [1.54, 1.807) is 18.2 Å². The van der Waals surface area contributed by atoms with Crippen LogP contribution in [-0.2, 0) is 20.9 Å².